The smallest absolute Gasteiger partial charge is 0.326 e. The second kappa shape index (κ2) is 9.27. The summed E-state index contributed by atoms with van der Waals surface area (Å²) in [5.41, 5.74) is 7.45. The molecule has 23 heavy (non-hydrogen) atoms. The van der Waals surface area contributed by atoms with Crippen LogP contribution in [0.25, 0.3) is 0 Å². The zero-order valence-corrected chi connectivity index (χ0v) is 13.5. The molecule has 7 N–H and O–H groups in total. The van der Waals surface area contributed by atoms with E-state index < -0.39 is 17.9 Å². The van der Waals surface area contributed by atoms with Crippen molar-refractivity contribution in [2.75, 3.05) is 6.54 Å². The molecule has 1 amide bonds. The summed E-state index contributed by atoms with van der Waals surface area (Å²) in [4.78, 5) is 22.6. The lowest BCUT2D eigenvalue weighted by Crippen LogP contribution is -2.44. The third-order valence-electron chi connectivity index (χ3n) is 4.29. The van der Waals surface area contributed by atoms with Crippen LogP contribution >= 0.6 is 0 Å². The zero-order chi connectivity index (χ0) is 15.9. The van der Waals surface area contributed by atoms with E-state index in [0.29, 0.717) is 5.92 Å². The number of aliphatic carboxylic acids is 1. The van der Waals surface area contributed by atoms with E-state index in [2.05, 4.69) is 17.4 Å². The molecule has 6 heteroatoms. The van der Waals surface area contributed by atoms with Crippen LogP contribution in [-0.2, 0) is 16.0 Å². The standard InChI is InChI=1S/C17H24N2O3.H3N/c18-11-16(20)19-15(17(21)22)10-12-5-4-8-14(9-12)13-6-2-1-3-7-13;/h4-5,8-9,13,15H,1-3,6-7,10-11,18H2,(H,19,20)(H,21,22);1H3. The van der Waals surface area contributed by atoms with E-state index in [-0.39, 0.29) is 19.1 Å². The number of carboxylic acid groups (broad SMARTS) is 1. The molecule has 1 saturated carbocycles. The Labute approximate surface area is 137 Å². The molecule has 0 spiro atoms. The lowest BCUT2D eigenvalue weighted by atomic mass is 9.83. The number of rotatable bonds is 6. The molecule has 0 heterocycles. The van der Waals surface area contributed by atoms with Gasteiger partial charge in [-0.1, -0.05) is 43.5 Å². The van der Waals surface area contributed by atoms with Crippen LogP contribution in [-0.4, -0.2) is 29.6 Å². The van der Waals surface area contributed by atoms with Gasteiger partial charge in [0, 0.05) is 6.42 Å². The Hall–Kier alpha value is -1.92. The van der Waals surface area contributed by atoms with E-state index in [0.717, 1.165) is 5.56 Å². The van der Waals surface area contributed by atoms with Crippen LogP contribution < -0.4 is 17.2 Å². The molecule has 1 atom stereocenters. The van der Waals surface area contributed by atoms with Crippen LogP contribution in [0.5, 0.6) is 0 Å². The summed E-state index contributed by atoms with van der Waals surface area (Å²) < 4.78 is 0. The quantitative estimate of drug-likeness (QED) is 0.637. The van der Waals surface area contributed by atoms with Crippen molar-refractivity contribution in [1.29, 1.82) is 0 Å². The highest BCUT2D eigenvalue weighted by molar-refractivity contribution is 5.84. The Balaban J connectivity index is 0.00000264. The van der Waals surface area contributed by atoms with Crippen molar-refractivity contribution in [3.05, 3.63) is 35.4 Å². The van der Waals surface area contributed by atoms with Crippen molar-refractivity contribution < 1.29 is 14.7 Å². The fourth-order valence-electron chi connectivity index (χ4n) is 3.10. The summed E-state index contributed by atoms with van der Waals surface area (Å²) in [5.74, 6) is -0.906. The van der Waals surface area contributed by atoms with Crippen molar-refractivity contribution in [2.24, 2.45) is 5.73 Å². The number of nitrogens with two attached hydrogens (primary N) is 1. The van der Waals surface area contributed by atoms with Crippen LogP contribution in [0.2, 0.25) is 0 Å². The van der Waals surface area contributed by atoms with E-state index in [1.54, 1.807) is 0 Å². The monoisotopic (exact) mass is 321 g/mol. The molecule has 0 aliphatic heterocycles. The fourth-order valence-corrected chi connectivity index (χ4v) is 3.10. The largest absolute Gasteiger partial charge is 0.480 e. The molecule has 0 bridgehead atoms. The van der Waals surface area contributed by atoms with Gasteiger partial charge in [0.1, 0.15) is 6.04 Å². The van der Waals surface area contributed by atoms with Crippen LogP contribution in [0.3, 0.4) is 0 Å². The first kappa shape index (κ1) is 19.1. The summed E-state index contributed by atoms with van der Waals surface area (Å²) in [5, 5.41) is 11.7. The summed E-state index contributed by atoms with van der Waals surface area (Å²) >= 11 is 0. The first-order valence-electron chi connectivity index (χ1n) is 7.91. The highest BCUT2D eigenvalue weighted by atomic mass is 16.4. The number of carbonyl (C=O) groups is 2. The van der Waals surface area contributed by atoms with Gasteiger partial charge in [0.25, 0.3) is 0 Å². The van der Waals surface area contributed by atoms with E-state index in [1.165, 1.54) is 37.7 Å². The van der Waals surface area contributed by atoms with Gasteiger partial charge in [-0.3, -0.25) is 4.79 Å². The number of hydrogen-bond acceptors (Lipinski definition) is 4. The van der Waals surface area contributed by atoms with Gasteiger partial charge in [-0.25, -0.2) is 4.79 Å². The average molecular weight is 321 g/mol. The fraction of sp³-hybridized carbons (Fsp3) is 0.529. The summed E-state index contributed by atoms with van der Waals surface area (Å²) in [7, 11) is 0. The maximum absolute atomic E-state index is 11.3. The van der Waals surface area contributed by atoms with Crippen molar-refractivity contribution in [3.63, 3.8) is 0 Å². The van der Waals surface area contributed by atoms with Gasteiger partial charge >= 0.3 is 5.97 Å². The molecular formula is C17H27N3O3. The first-order chi connectivity index (χ1) is 10.6. The van der Waals surface area contributed by atoms with Gasteiger partial charge in [-0.15, -0.1) is 0 Å². The summed E-state index contributed by atoms with van der Waals surface area (Å²) in [6.07, 6.45) is 6.52. The third-order valence-corrected chi connectivity index (χ3v) is 4.29. The minimum Gasteiger partial charge on any atom is -0.480 e. The molecule has 1 aromatic rings. The molecule has 1 aliphatic carbocycles. The molecule has 0 aromatic heterocycles. The van der Waals surface area contributed by atoms with Crippen LogP contribution in [0.15, 0.2) is 24.3 Å². The number of carboxylic acids is 1. The third kappa shape index (κ3) is 5.65. The minimum absolute atomic E-state index is 0. The zero-order valence-electron chi connectivity index (χ0n) is 13.5. The normalized spacial score (nSPS) is 16.2. The molecule has 2 rings (SSSR count). The van der Waals surface area contributed by atoms with E-state index in [9.17, 15) is 14.7 Å². The van der Waals surface area contributed by atoms with Crippen LogP contribution in [0.4, 0.5) is 0 Å². The van der Waals surface area contributed by atoms with Gasteiger partial charge in [-0.05, 0) is 29.9 Å². The van der Waals surface area contributed by atoms with Crippen molar-refractivity contribution in [1.82, 2.24) is 11.5 Å². The lowest BCUT2D eigenvalue weighted by Gasteiger charge is -2.23. The van der Waals surface area contributed by atoms with E-state index in [4.69, 9.17) is 5.73 Å². The predicted octanol–water partition coefficient (Wildman–Crippen LogP) is 1.97. The Morgan fingerprint density at radius 2 is 1.96 bits per heavy atom. The lowest BCUT2D eigenvalue weighted by molar-refractivity contribution is -0.141. The molecule has 128 valence electrons. The van der Waals surface area contributed by atoms with Crippen LogP contribution in [0, 0.1) is 0 Å². The number of nitrogens with one attached hydrogen (secondary N) is 1. The van der Waals surface area contributed by atoms with Crippen molar-refractivity contribution in [2.45, 2.75) is 50.5 Å². The Bertz CT molecular complexity index is 528. The molecule has 1 aromatic carbocycles. The van der Waals surface area contributed by atoms with Gasteiger partial charge in [0.15, 0.2) is 0 Å². The molecule has 6 nitrogen and oxygen atoms in total. The SMILES string of the molecule is N.NCC(=O)NC(Cc1cccc(C2CCCCC2)c1)C(=O)O. The van der Waals surface area contributed by atoms with Gasteiger partial charge < -0.3 is 22.3 Å². The molecule has 1 fully saturated rings. The first-order valence-corrected chi connectivity index (χ1v) is 7.91. The Morgan fingerprint density at radius 1 is 1.26 bits per heavy atom. The molecule has 0 saturated heterocycles. The van der Waals surface area contributed by atoms with Crippen molar-refractivity contribution >= 4 is 11.9 Å². The van der Waals surface area contributed by atoms with Crippen molar-refractivity contribution in [3.8, 4) is 0 Å². The topological polar surface area (TPSA) is 127 Å². The van der Waals surface area contributed by atoms with E-state index in [1.807, 2.05) is 12.1 Å². The Kier molecular flexibility index (Phi) is 7.71. The van der Waals surface area contributed by atoms with Gasteiger partial charge in [0.05, 0.1) is 6.54 Å². The number of amides is 1. The number of hydrogen-bond donors (Lipinski definition) is 4. The Morgan fingerprint density at radius 3 is 2.57 bits per heavy atom. The molecule has 0 radical (unpaired) electrons. The average Bonchev–Trinajstić information content (AvgIpc) is 2.55. The van der Waals surface area contributed by atoms with Crippen LogP contribution in [0.1, 0.15) is 49.1 Å². The van der Waals surface area contributed by atoms with Gasteiger partial charge in [-0.2, -0.15) is 0 Å². The second-order valence-electron chi connectivity index (χ2n) is 5.95. The van der Waals surface area contributed by atoms with Gasteiger partial charge in [0.2, 0.25) is 5.91 Å². The predicted molar refractivity (Wildman–Crippen MR) is 89.6 cm³/mol. The maximum atomic E-state index is 11.3. The summed E-state index contributed by atoms with van der Waals surface area (Å²) in [6, 6.07) is 7.16. The number of carbonyl (C=O) groups excluding carboxylic acids is 1. The maximum Gasteiger partial charge on any atom is 0.326 e. The highest BCUT2D eigenvalue weighted by Gasteiger charge is 2.21. The second-order valence-corrected chi connectivity index (χ2v) is 5.95. The summed E-state index contributed by atoms with van der Waals surface area (Å²) in [6.45, 7) is -0.202. The molecule has 1 aliphatic rings. The van der Waals surface area contributed by atoms with E-state index >= 15 is 0 Å². The highest BCUT2D eigenvalue weighted by Crippen LogP contribution is 2.32. The molecular weight excluding hydrogens is 294 g/mol. The number of benzene rings is 1. The molecule has 1 unspecified atom stereocenters. The minimum atomic E-state index is -1.04.